The summed E-state index contributed by atoms with van der Waals surface area (Å²) >= 11 is 0. The number of carbonyl (C=O) groups excluding carboxylic acids is 1. The van der Waals surface area contributed by atoms with E-state index in [9.17, 15) is 14.4 Å². The number of carbonyl (C=O) groups is 3. The van der Waals surface area contributed by atoms with Crippen molar-refractivity contribution in [2.45, 2.75) is 140 Å². The van der Waals surface area contributed by atoms with E-state index < -0.39 is 11.9 Å². The number of aryl methyl sites for hydroxylation is 4. The number of aliphatic carboxylic acids is 2. The zero-order valence-corrected chi connectivity index (χ0v) is 47.8. The van der Waals surface area contributed by atoms with Crippen LogP contribution in [0.1, 0.15) is 163 Å². The quantitative estimate of drug-likeness (QED) is 0.0989. The van der Waals surface area contributed by atoms with Crippen molar-refractivity contribution in [3.05, 3.63) is 166 Å². The van der Waals surface area contributed by atoms with Crippen molar-refractivity contribution in [2.75, 3.05) is 19.8 Å². The number of nitrogens with zero attached hydrogens (tertiary/aromatic N) is 5. The van der Waals surface area contributed by atoms with Crippen molar-refractivity contribution in [3.63, 3.8) is 0 Å². The summed E-state index contributed by atoms with van der Waals surface area (Å²) in [6.45, 7) is 30.9. The van der Waals surface area contributed by atoms with Crippen molar-refractivity contribution >= 4 is 50.3 Å². The average molecular weight is 1050 g/mol. The maximum atomic E-state index is 11.3. The summed E-state index contributed by atoms with van der Waals surface area (Å²) in [4.78, 5) is 54.6. The normalized spacial score (nSPS) is 10.8. The molecular weight excluding hydrogens is 967 g/mol. The highest BCUT2D eigenvalue weighted by atomic mass is 16.5. The highest BCUT2D eigenvalue weighted by Gasteiger charge is 2.11. The molecule has 5 aromatic heterocycles. The fourth-order valence-electron chi connectivity index (χ4n) is 7.46. The van der Waals surface area contributed by atoms with Crippen LogP contribution in [0, 0.1) is 27.7 Å². The van der Waals surface area contributed by atoms with Gasteiger partial charge in [-0.3, -0.25) is 29.7 Å². The maximum Gasteiger partial charge on any atom is 0.341 e. The van der Waals surface area contributed by atoms with Crippen molar-refractivity contribution < 1.29 is 38.8 Å². The van der Waals surface area contributed by atoms with Crippen LogP contribution in [0.15, 0.2) is 116 Å². The number of rotatable bonds is 15. The molecule has 0 bridgehead atoms. The number of pyridine rings is 5. The Morgan fingerprint density at radius 3 is 1.45 bits per heavy atom. The molecule has 0 fully saturated rings. The van der Waals surface area contributed by atoms with Crippen molar-refractivity contribution in [1.29, 1.82) is 0 Å². The summed E-state index contributed by atoms with van der Waals surface area (Å²) < 4.78 is 16.0. The molecule has 0 atom stereocenters. The SMILES string of the molecule is CC(C)c1cc2cc(OCC(=O)O)ccc2cn1.CC(C)c1ccc2c(OCC(=O)O)cccc2n1.CCC(=O)COc1cccc2nc(C(C)C)ccc12.Cc1ccc(C)c(C(C)C)n1.Cc1cnc(C(C)C)cc1C. The monoisotopic (exact) mass is 1050 g/mol. The van der Waals surface area contributed by atoms with Crippen molar-refractivity contribution in [1.82, 2.24) is 24.9 Å². The Morgan fingerprint density at radius 2 is 0.974 bits per heavy atom. The van der Waals surface area contributed by atoms with Gasteiger partial charge in [0.25, 0.3) is 0 Å². The molecule has 0 amide bonds. The van der Waals surface area contributed by atoms with Crippen molar-refractivity contribution in [3.8, 4) is 17.2 Å². The van der Waals surface area contributed by atoms with Gasteiger partial charge in [0.1, 0.15) is 23.9 Å². The first kappa shape index (κ1) is 61.7. The molecule has 0 saturated carbocycles. The van der Waals surface area contributed by atoms with Crippen LogP contribution in [0.2, 0.25) is 0 Å². The van der Waals surface area contributed by atoms with E-state index in [1.165, 1.54) is 28.1 Å². The van der Waals surface area contributed by atoms with Crippen LogP contribution in [0.4, 0.5) is 0 Å². The molecule has 8 aromatic rings. The van der Waals surface area contributed by atoms with E-state index in [0.717, 1.165) is 61.1 Å². The third-order valence-corrected chi connectivity index (χ3v) is 12.2. The first-order valence-electron chi connectivity index (χ1n) is 26.4. The second kappa shape index (κ2) is 30.1. The Balaban J connectivity index is 0.000000212. The van der Waals surface area contributed by atoms with Gasteiger partial charge in [-0.1, -0.05) is 94.4 Å². The Bertz CT molecular complexity index is 3210. The topological polar surface area (TPSA) is 184 Å². The zero-order chi connectivity index (χ0) is 56.9. The summed E-state index contributed by atoms with van der Waals surface area (Å²) in [5.74, 6) is 2.16. The van der Waals surface area contributed by atoms with Gasteiger partial charge in [0, 0.05) is 69.1 Å². The van der Waals surface area contributed by atoms with Crippen LogP contribution in [0.25, 0.3) is 32.6 Å². The minimum Gasteiger partial charge on any atom is -0.485 e. The molecule has 8 rings (SSSR count). The third kappa shape index (κ3) is 19.7. The molecule has 0 aliphatic carbocycles. The highest BCUT2D eigenvalue weighted by molar-refractivity contribution is 5.87. The van der Waals surface area contributed by atoms with Crippen LogP contribution in [0.3, 0.4) is 0 Å². The van der Waals surface area contributed by atoms with E-state index in [-0.39, 0.29) is 25.6 Å². The number of ether oxygens (including phenoxy) is 3. The number of hydrogen-bond acceptors (Lipinski definition) is 11. The maximum absolute atomic E-state index is 11.3. The minimum atomic E-state index is -0.987. The van der Waals surface area contributed by atoms with Crippen molar-refractivity contribution in [2.24, 2.45) is 0 Å². The number of benzene rings is 3. The van der Waals surface area contributed by atoms with Gasteiger partial charge < -0.3 is 24.4 Å². The number of ketones is 1. The van der Waals surface area contributed by atoms with Gasteiger partial charge in [0.15, 0.2) is 19.0 Å². The van der Waals surface area contributed by atoms with E-state index in [0.29, 0.717) is 47.5 Å². The molecule has 0 aliphatic rings. The molecule has 3 aromatic carbocycles. The lowest BCUT2D eigenvalue weighted by molar-refractivity contribution is -0.140. The van der Waals surface area contributed by atoms with Gasteiger partial charge >= 0.3 is 11.9 Å². The third-order valence-electron chi connectivity index (χ3n) is 12.2. The first-order chi connectivity index (χ1) is 36.5. The van der Waals surface area contributed by atoms with E-state index in [1.54, 1.807) is 12.1 Å². The molecule has 0 aliphatic heterocycles. The van der Waals surface area contributed by atoms with Crippen LogP contribution < -0.4 is 14.2 Å². The molecule has 0 spiro atoms. The molecule has 5 heterocycles. The molecule has 0 saturated heterocycles. The van der Waals surface area contributed by atoms with Gasteiger partial charge in [-0.05, 0) is 164 Å². The standard InChI is InChI=1S/C16H19NO2.2C14H15NO3.2C10H15N/c1-4-12(18)10-19-16-7-5-6-15-13(16)8-9-14(17-15)11(2)3;1-9(2)13-6-11-5-12(18-8-14(16)17)4-3-10(11)7-15-13;1-9(2)11-7-6-10-12(15-11)4-3-5-13(10)18-8-14(16)17;1-7(2)10-5-8(3)9(4)6-11-10;1-7(2)10-8(3)5-6-9(4)11-10/h5-9,11H,4,10H2,1-3H3;2*3-7,9H,8H2,1-2H3,(H,16,17);2*5-7H,1-4H3. The van der Waals surface area contributed by atoms with Crippen LogP contribution in [-0.4, -0.2) is 72.7 Å². The molecule has 77 heavy (non-hydrogen) atoms. The fourth-order valence-corrected chi connectivity index (χ4v) is 7.46. The lowest BCUT2D eigenvalue weighted by atomic mass is 10.0. The van der Waals surface area contributed by atoms with Gasteiger partial charge in [-0.2, -0.15) is 0 Å². The molecule has 2 N–H and O–H groups in total. The van der Waals surface area contributed by atoms with Gasteiger partial charge in [-0.15, -0.1) is 0 Å². The lowest BCUT2D eigenvalue weighted by Crippen LogP contribution is -2.09. The molecular formula is C64H79N5O8. The van der Waals surface area contributed by atoms with Crippen LogP contribution >= 0.6 is 0 Å². The summed E-state index contributed by atoms with van der Waals surface area (Å²) in [6, 6.07) is 33.0. The summed E-state index contributed by atoms with van der Waals surface area (Å²) in [5.41, 5.74) is 12.3. The molecule has 408 valence electrons. The van der Waals surface area contributed by atoms with E-state index in [1.807, 2.05) is 99.0 Å². The summed E-state index contributed by atoms with van der Waals surface area (Å²) in [7, 11) is 0. The number of carboxylic acids is 2. The summed E-state index contributed by atoms with van der Waals surface area (Å²) in [5, 5.41) is 21.0. The minimum absolute atomic E-state index is 0.101. The molecule has 13 nitrogen and oxygen atoms in total. The first-order valence-corrected chi connectivity index (χ1v) is 26.4. The van der Waals surface area contributed by atoms with E-state index in [4.69, 9.17) is 24.4 Å². The number of carboxylic acid groups (broad SMARTS) is 2. The van der Waals surface area contributed by atoms with Crippen LogP contribution in [-0.2, 0) is 14.4 Å². The predicted molar refractivity (Wildman–Crippen MR) is 310 cm³/mol. The second-order valence-electron chi connectivity index (χ2n) is 20.4. The Labute approximate surface area is 455 Å². The molecule has 0 radical (unpaired) electrons. The predicted octanol–water partition coefficient (Wildman–Crippen LogP) is 15.0. The summed E-state index contributed by atoms with van der Waals surface area (Å²) in [6.07, 6.45) is 4.27. The number of hydrogen-bond donors (Lipinski definition) is 2. The Kier molecular flexibility index (Phi) is 24.1. The van der Waals surface area contributed by atoms with Gasteiger partial charge in [-0.25, -0.2) is 9.59 Å². The zero-order valence-electron chi connectivity index (χ0n) is 47.8. The highest BCUT2D eigenvalue weighted by Crippen LogP contribution is 2.28. The average Bonchev–Trinajstić information content (AvgIpc) is 3.41. The van der Waals surface area contributed by atoms with Crippen LogP contribution in [0.5, 0.6) is 17.2 Å². The fraction of sp³-hybridized carbons (Fsp3) is 0.375. The number of Topliss-reactive ketones (excluding diaryl/α,β-unsaturated/α-hetero) is 1. The van der Waals surface area contributed by atoms with E-state index >= 15 is 0 Å². The number of fused-ring (bicyclic) bond motifs is 3. The van der Waals surface area contributed by atoms with Gasteiger partial charge in [0.2, 0.25) is 0 Å². The Morgan fingerprint density at radius 1 is 0.468 bits per heavy atom. The number of aromatic nitrogens is 5. The Hall–Kier alpha value is -7.80. The smallest absolute Gasteiger partial charge is 0.341 e. The lowest BCUT2D eigenvalue weighted by Gasteiger charge is -2.10. The largest absolute Gasteiger partial charge is 0.485 e. The molecule has 13 heteroatoms. The van der Waals surface area contributed by atoms with E-state index in [2.05, 4.69) is 133 Å². The molecule has 0 unspecified atom stereocenters. The second-order valence-corrected chi connectivity index (χ2v) is 20.4. The van der Waals surface area contributed by atoms with Gasteiger partial charge in [0.05, 0.1) is 11.0 Å².